The molecule has 0 spiro atoms. The molecule has 8 heavy (non-hydrogen) atoms. The Hall–Kier alpha value is -0.660. The molecule has 0 rings (SSSR count). The normalized spacial score (nSPS) is 11.1. The summed E-state index contributed by atoms with van der Waals surface area (Å²) in [5.41, 5.74) is 0. The van der Waals surface area contributed by atoms with E-state index < -0.39 is 0 Å². The maximum atomic E-state index is 5.09. The molecule has 0 fully saturated rings. The largest absolute Gasteiger partial charge is 0.480 e. The lowest BCUT2D eigenvalue weighted by Crippen LogP contribution is -2.08. The van der Waals surface area contributed by atoms with Crippen LogP contribution < -0.4 is 5.32 Å². The van der Waals surface area contributed by atoms with Crippen molar-refractivity contribution < 1.29 is 4.74 Å². The van der Waals surface area contributed by atoms with Gasteiger partial charge in [-0.3, -0.25) is 0 Å². The summed E-state index contributed by atoms with van der Waals surface area (Å²) in [5, 5.41) is 2.89. The second-order valence-electron chi connectivity index (χ2n) is 1.34. The summed E-state index contributed by atoms with van der Waals surface area (Å²) >= 11 is 0. The van der Waals surface area contributed by atoms with Crippen molar-refractivity contribution in [3.63, 3.8) is 0 Å². The van der Waals surface area contributed by atoms with Gasteiger partial charge in [0.2, 0.25) is 0 Å². The summed E-state index contributed by atoms with van der Waals surface area (Å²) in [4.78, 5) is 0. The third-order valence-corrected chi connectivity index (χ3v) is 0.808. The number of nitrogens with one attached hydrogen (secondary N) is 1. The lowest BCUT2D eigenvalue weighted by Gasteiger charge is -2.04. The van der Waals surface area contributed by atoms with E-state index in [-0.39, 0.29) is 0 Å². The Labute approximate surface area is 50.5 Å². The molecule has 48 valence electrons. The van der Waals surface area contributed by atoms with Crippen LogP contribution in [0.4, 0.5) is 0 Å². The van der Waals surface area contributed by atoms with Crippen molar-refractivity contribution in [2.45, 2.75) is 13.8 Å². The second kappa shape index (κ2) is 4.50. The van der Waals surface area contributed by atoms with E-state index >= 15 is 0 Å². The summed E-state index contributed by atoms with van der Waals surface area (Å²) in [7, 11) is 1.84. The summed E-state index contributed by atoms with van der Waals surface area (Å²) < 4.78 is 5.09. The molecule has 2 heteroatoms. The minimum absolute atomic E-state index is 0.723. The smallest absolute Gasteiger partial charge is 0.181 e. The molecule has 0 aliphatic rings. The van der Waals surface area contributed by atoms with Gasteiger partial charge in [-0.15, -0.1) is 0 Å². The maximum Gasteiger partial charge on any atom is 0.181 e. The van der Waals surface area contributed by atoms with E-state index in [1.807, 2.05) is 27.0 Å². The molecule has 0 saturated heterocycles. The van der Waals surface area contributed by atoms with E-state index in [1.54, 1.807) is 0 Å². The maximum absolute atomic E-state index is 5.09. The molecular weight excluding hydrogens is 102 g/mol. The van der Waals surface area contributed by atoms with Crippen LogP contribution in [0.5, 0.6) is 0 Å². The molecule has 2 nitrogen and oxygen atoms in total. The van der Waals surface area contributed by atoms with Crippen molar-refractivity contribution >= 4 is 0 Å². The summed E-state index contributed by atoms with van der Waals surface area (Å²) in [5.74, 6) is 0.840. The Morgan fingerprint density at radius 2 is 2.38 bits per heavy atom. The molecule has 0 bridgehead atoms. The zero-order valence-corrected chi connectivity index (χ0v) is 5.69. The minimum atomic E-state index is 0.723. The van der Waals surface area contributed by atoms with Gasteiger partial charge in [0.15, 0.2) is 5.88 Å². The number of rotatable bonds is 3. The first-order valence-corrected chi connectivity index (χ1v) is 2.82. The quantitative estimate of drug-likeness (QED) is 0.556. The van der Waals surface area contributed by atoms with Crippen LogP contribution in [0.2, 0.25) is 0 Å². The highest BCUT2D eigenvalue weighted by atomic mass is 16.5. The van der Waals surface area contributed by atoms with Crippen LogP contribution in [0.15, 0.2) is 12.0 Å². The highest BCUT2D eigenvalue weighted by Gasteiger charge is 1.84. The fourth-order valence-corrected chi connectivity index (χ4v) is 0.455. The van der Waals surface area contributed by atoms with E-state index in [4.69, 9.17) is 4.74 Å². The zero-order valence-electron chi connectivity index (χ0n) is 5.69. The van der Waals surface area contributed by atoms with Crippen LogP contribution in [0, 0.1) is 0 Å². The van der Waals surface area contributed by atoms with E-state index in [2.05, 4.69) is 5.32 Å². The molecule has 0 radical (unpaired) electrons. The monoisotopic (exact) mass is 115 g/mol. The molecule has 0 heterocycles. The fourth-order valence-electron chi connectivity index (χ4n) is 0.455. The molecule has 0 saturated carbocycles. The van der Waals surface area contributed by atoms with Gasteiger partial charge in [-0.05, 0) is 19.9 Å². The lowest BCUT2D eigenvalue weighted by atomic mass is 10.6. The summed E-state index contributed by atoms with van der Waals surface area (Å²) in [6.45, 7) is 4.61. The van der Waals surface area contributed by atoms with Crippen molar-refractivity contribution in [2.24, 2.45) is 0 Å². The first kappa shape index (κ1) is 7.34. The molecule has 0 amide bonds. The predicted octanol–water partition coefficient (Wildman–Crippen LogP) is 1.10. The Morgan fingerprint density at radius 1 is 1.75 bits per heavy atom. The van der Waals surface area contributed by atoms with Crippen LogP contribution in [0.1, 0.15) is 13.8 Å². The van der Waals surface area contributed by atoms with Gasteiger partial charge in [0, 0.05) is 7.05 Å². The number of allylic oxidation sites excluding steroid dienone is 1. The molecular formula is C6H13NO. The van der Waals surface area contributed by atoms with E-state index in [9.17, 15) is 0 Å². The zero-order chi connectivity index (χ0) is 6.41. The molecule has 0 aromatic rings. The Balaban J connectivity index is 3.38. The third kappa shape index (κ3) is 2.50. The Bertz CT molecular complexity index is 78.6. The number of ether oxygens (including phenoxy) is 1. The van der Waals surface area contributed by atoms with E-state index in [0.717, 1.165) is 12.5 Å². The third-order valence-electron chi connectivity index (χ3n) is 0.808. The molecule has 0 aromatic heterocycles. The summed E-state index contributed by atoms with van der Waals surface area (Å²) in [6, 6.07) is 0. The van der Waals surface area contributed by atoms with E-state index in [0.29, 0.717) is 0 Å². The molecule has 0 aliphatic heterocycles. The van der Waals surface area contributed by atoms with Gasteiger partial charge in [-0.1, -0.05) is 0 Å². The first-order valence-electron chi connectivity index (χ1n) is 2.82. The standard InChI is InChI=1S/C6H13NO/c1-4-6(7-3)8-5-2/h4,7H,5H2,1-3H3/b6-4+. The average molecular weight is 115 g/mol. The SMILES string of the molecule is C/C=C(\NC)OCC. The van der Waals surface area contributed by atoms with Crippen molar-refractivity contribution in [3.05, 3.63) is 12.0 Å². The van der Waals surface area contributed by atoms with Crippen molar-refractivity contribution in [1.82, 2.24) is 5.32 Å². The Morgan fingerprint density at radius 3 is 2.50 bits per heavy atom. The van der Waals surface area contributed by atoms with Gasteiger partial charge in [-0.25, -0.2) is 0 Å². The van der Waals surface area contributed by atoms with Crippen LogP contribution >= 0.6 is 0 Å². The average Bonchev–Trinajstić information content (AvgIpc) is 1.83. The van der Waals surface area contributed by atoms with E-state index in [1.165, 1.54) is 0 Å². The molecule has 1 N–H and O–H groups in total. The minimum Gasteiger partial charge on any atom is -0.480 e. The Kier molecular flexibility index (Phi) is 4.13. The molecule has 0 unspecified atom stereocenters. The van der Waals surface area contributed by atoms with Gasteiger partial charge in [0.05, 0.1) is 6.61 Å². The van der Waals surface area contributed by atoms with Crippen LogP contribution in [-0.2, 0) is 4.74 Å². The highest BCUT2D eigenvalue weighted by molar-refractivity contribution is 4.84. The number of hydrogen-bond donors (Lipinski definition) is 1. The van der Waals surface area contributed by atoms with Crippen molar-refractivity contribution in [3.8, 4) is 0 Å². The van der Waals surface area contributed by atoms with Crippen molar-refractivity contribution in [2.75, 3.05) is 13.7 Å². The van der Waals surface area contributed by atoms with Gasteiger partial charge in [-0.2, -0.15) is 0 Å². The first-order chi connectivity index (χ1) is 3.85. The van der Waals surface area contributed by atoms with Gasteiger partial charge < -0.3 is 10.1 Å². The van der Waals surface area contributed by atoms with Crippen LogP contribution in [-0.4, -0.2) is 13.7 Å². The van der Waals surface area contributed by atoms with Crippen molar-refractivity contribution in [1.29, 1.82) is 0 Å². The molecule has 0 aromatic carbocycles. The summed E-state index contributed by atoms with van der Waals surface area (Å²) in [6.07, 6.45) is 1.89. The van der Waals surface area contributed by atoms with Crippen LogP contribution in [0.3, 0.4) is 0 Å². The van der Waals surface area contributed by atoms with Gasteiger partial charge >= 0.3 is 0 Å². The topological polar surface area (TPSA) is 21.3 Å². The predicted molar refractivity (Wildman–Crippen MR) is 34.4 cm³/mol. The second-order valence-corrected chi connectivity index (χ2v) is 1.34. The molecule has 0 aliphatic carbocycles. The van der Waals surface area contributed by atoms with Gasteiger partial charge in [0.25, 0.3) is 0 Å². The number of hydrogen-bond acceptors (Lipinski definition) is 2. The highest BCUT2D eigenvalue weighted by Crippen LogP contribution is 1.87. The molecule has 0 atom stereocenters. The van der Waals surface area contributed by atoms with Crippen LogP contribution in [0.25, 0.3) is 0 Å². The van der Waals surface area contributed by atoms with Gasteiger partial charge in [0.1, 0.15) is 0 Å². The fraction of sp³-hybridized carbons (Fsp3) is 0.667. The lowest BCUT2D eigenvalue weighted by molar-refractivity contribution is 0.210.